The van der Waals surface area contributed by atoms with Crippen molar-refractivity contribution in [3.05, 3.63) is 0 Å². The molecule has 0 aliphatic rings. The van der Waals surface area contributed by atoms with Crippen LogP contribution in [0.15, 0.2) is 0 Å². The van der Waals surface area contributed by atoms with E-state index in [4.69, 9.17) is 19.2 Å². The van der Waals surface area contributed by atoms with Crippen LogP contribution in [0.2, 0.25) is 0 Å². The van der Waals surface area contributed by atoms with Crippen LogP contribution in [0.3, 0.4) is 0 Å². The second kappa shape index (κ2) is 4.96. The Kier molecular flexibility index (Phi) is 11.1. The monoisotopic (exact) mass is 292 g/mol. The van der Waals surface area contributed by atoms with Crippen molar-refractivity contribution in [1.29, 1.82) is 0 Å². The van der Waals surface area contributed by atoms with Crippen LogP contribution in [-0.2, 0) is 32.4 Å². The summed E-state index contributed by atoms with van der Waals surface area (Å²) in [6.07, 6.45) is 0. The van der Waals surface area contributed by atoms with Crippen molar-refractivity contribution in [2.75, 3.05) is 0 Å². The van der Waals surface area contributed by atoms with Gasteiger partial charge in [-0.25, -0.2) is 0 Å². The van der Waals surface area contributed by atoms with Crippen molar-refractivity contribution >= 4 is 7.82 Å². The van der Waals surface area contributed by atoms with Gasteiger partial charge in [0.2, 0.25) is 0 Å². The van der Waals surface area contributed by atoms with E-state index in [0.717, 1.165) is 0 Å². The molecule has 0 saturated carbocycles. The van der Waals surface area contributed by atoms with Crippen molar-refractivity contribution < 1.29 is 47.1 Å². The zero-order chi connectivity index (χ0) is 4.50. The molecule has 0 bridgehead atoms. The number of hydrogen-bond donors (Lipinski definition) is 0. The van der Waals surface area contributed by atoms with Crippen LogP contribution in [0.1, 0.15) is 0 Å². The van der Waals surface area contributed by atoms with Gasteiger partial charge in [-0.2, -0.15) is 7.82 Å². The van der Waals surface area contributed by atoms with Gasteiger partial charge < -0.3 is 19.2 Å². The molecule has 0 aromatic heterocycles. The molecular formula is O5PTa+4. The maximum Gasteiger partial charge on any atom is 5.00 e. The van der Waals surface area contributed by atoms with Crippen molar-refractivity contribution in [2.45, 2.75) is 0 Å². The van der Waals surface area contributed by atoms with Crippen LogP contribution in [0.25, 0.3) is 0 Å². The summed E-state index contributed by atoms with van der Waals surface area (Å²) in [7, 11) is -5.39. The predicted octanol–water partition coefficient (Wildman–Crippen LogP) is -2.95. The Bertz CT molecular complexity index is 54.2. The van der Waals surface area contributed by atoms with Gasteiger partial charge in [0, 0.05) is 0 Å². The summed E-state index contributed by atoms with van der Waals surface area (Å²) in [6.45, 7) is 0. The minimum Gasteiger partial charge on any atom is -0.822 e. The van der Waals surface area contributed by atoms with Crippen LogP contribution >= 0.6 is 7.82 Å². The molecule has 0 heterocycles. The molecule has 0 aromatic rings. The Balaban J connectivity index is -0.0000000800. The Morgan fingerprint density at radius 3 is 1.14 bits per heavy atom. The smallest absolute Gasteiger partial charge is 0.822 e. The van der Waals surface area contributed by atoms with E-state index in [1.165, 1.54) is 0 Å². The Morgan fingerprint density at radius 2 is 1.14 bits per heavy atom. The fraction of sp³-hybridized carbons (Fsp3) is 0. The van der Waals surface area contributed by atoms with Crippen LogP contribution < -0.4 is 14.7 Å². The van der Waals surface area contributed by atoms with Crippen molar-refractivity contribution in [3.63, 3.8) is 0 Å². The summed E-state index contributed by atoms with van der Waals surface area (Å²) in [6, 6.07) is 0. The van der Waals surface area contributed by atoms with Crippen LogP contribution in [-0.4, -0.2) is 0 Å². The minimum atomic E-state index is -5.39. The van der Waals surface area contributed by atoms with E-state index in [0.29, 0.717) is 0 Å². The van der Waals surface area contributed by atoms with E-state index >= 15 is 0 Å². The summed E-state index contributed by atoms with van der Waals surface area (Å²) >= 11 is 0. The quantitative estimate of drug-likeness (QED) is 0.444. The first-order valence-electron chi connectivity index (χ1n) is 0.730. The van der Waals surface area contributed by atoms with Gasteiger partial charge in [-0.1, -0.05) is 0 Å². The van der Waals surface area contributed by atoms with Crippen LogP contribution in [0.4, 0.5) is 0 Å². The molecule has 0 unspecified atom stereocenters. The molecule has 7 heavy (non-hydrogen) atoms. The molecule has 0 rings (SSSR count). The molecule has 0 amide bonds. The third kappa shape index (κ3) is 240. The molecule has 0 aliphatic heterocycles. The first-order valence-corrected chi connectivity index (χ1v) is 2.19. The molecule has 0 atom stereocenters. The molecule has 0 saturated heterocycles. The molecule has 0 aromatic carbocycles. The molecule has 0 N–H and O–H groups in total. The maximum atomic E-state index is 8.55. The van der Waals surface area contributed by atoms with Gasteiger partial charge in [0.15, 0.2) is 0 Å². The molecule has 0 fully saturated rings. The first kappa shape index (κ1) is 15.7. The molecule has 7 heteroatoms. The van der Waals surface area contributed by atoms with E-state index in [-0.39, 0.29) is 27.9 Å². The number of rotatable bonds is 0. The second-order valence-electron chi connectivity index (χ2n) is 0.447. The second-order valence-corrected chi connectivity index (χ2v) is 1.34. The fourth-order valence-electron chi connectivity index (χ4n) is 0. The largest absolute Gasteiger partial charge is 5.00 e. The Morgan fingerprint density at radius 1 is 1.14 bits per heavy atom. The van der Waals surface area contributed by atoms with Crippen LogP contribution in [0, 0.1) is 0 Å². The molecule has 5 nitrogen and oxygen atoms in total. The summed E-state index contributed by atoms with van der Waals surface area (Å²) in [5, 5.41) is 0. The summed E-state index contributed by atoms with van der Waals surface area (Å²) in [4.78, 5) is 25.6. The van der Waals surface area contributed by atoms with Gasteiger partial charge in [0.25, 0.3) is 0 Å². The third-order valence-electron chi connectivity index (χ3n) is 0. The predicted molar refractivity (Wildman–Crippen MR) is 8.29 cm³/mol. The minimum absolute atomic E-state index is 0. The summed E-state index contributed by atoms with van der Waals surface area (Å²) in [5.74, 6) is 0. The Labute approximate surface area is 55.4 Å². The fourth-order valence-corrected chi connectivity index (χ4v) is 0. The van der Waals surface area contributed by atoms with Gasteiger partial charge in [0.05, 0.1) is 0 Å². The van der Waals surface area contributed by atoms with Crippen molar-refractivity contribution in [3.8, 4) is 0 Å². The van der Waals surface area contributed by atoms with Gasteiger partial charge in [-0.3, -0.25) is 0 Å². The van der Waals surface area contributed by atoms with Crippen LogP contribution in [0.5, 0.6) is 0 Å². The SMILES string of the molecule is O=P([O-])([O-])[O-].[O+2].[Ta+5]. The number of phosphoric acid groups is 1. The average Bonchev–Trinajstić information content (AvgIpc) is 0.722. The van der Waals surface area contributed by atoms with E-state index in [9.17, 15) is 0 Å². The van der Waals surface area contributed by atoms with Gasteiger partial charge in [-0.05, 0) is 0 Å². The topological polar surface area (TPSA) is 115 Å². The van der Waals surface area contributed by atoms with Gasteiger partial charge in [0.1, 0.15) is 0 Å². The normalized spacial score (nSPS) is 8.43. The zero-order valence-corrected chi connectivity index (χ0v) is 7.04. The molecule has 0 aliphatic carbocycles. The third-order valence-corrected chi connectivity index (χ3v) is 0. The standard InChI is InChI=1S/H3O4P.O.Ta/c1-5(2,3)4;;/h(H3,1,2,3,4);;/q;+2;+5/p-3. The van der Waals surface area contributed by atoms with Crippen molar-refractivity contribution in [1.82, 2.24) is 0 Å². The van der Waals surface area contributed by atoms with Gasteiger partial charge >= 0.3 is 27.9 Å². The summed E-state index contributed by atoms with van der Waals surface area (Å²) < 4.78 is 8.55. The molecular weight excluding hydrogens is 292 g/mol. The average molecular weight is 292 g/mol. The van der Waals surface area contributed by atoms with Gasteiger partial charge in [-0.15, -0.1) is 0 Å². The first-order chi connectivity index (χ1) is 2.00. The van der Waals surface area contributed by atoms with E-state index in [2.05, 4.69) is 0 Å². The van der Waals surface area contributed by atoms with E-state index in [1.54, 1.807) is 0 Å². The zero-order valence-electron chi connectivity index (χ0n) is 2.94. The molecule has 4 radical (unpaired) electrons. The van der Waals surface area contributed by atoms with E-state index < -0.39 is 7.82 Å². The summed E-state index contributed by atoms with van der Waals surface area (Å²) in [5.41, 5.74) is 0. The number of hydrogen-bond acceptors (Lipinski definition) is 4. The molecule has 0 spiro atoms. The van der Waals surface area contributed by atoms with E-state index in [1.807, 2.05) is 0 Å². The Hall–Kier alpha value is 0.810. The molecule has 36 valence electrons. The maximum absolute atomic E-state index is 8.55. The van der Waals surface area contributed by atoms with Crippen molar-refractivity contribution in [2.24, 2.45) is 0 Å².